The molecule has 1 fully saturated rings. The molecule has 0 atom stereocenters. The highest BCUT2D eigenvalue weighted by Gasteiger charge is 2.24. The number of carbonyl (C=O) groups is 1. The fraction of sp³-hybridized carbons (Fsp3) is 0.333. The number of hydrogen-bond donors (Lipinski definition) is 0. The van der Waals surface area contributed by atoms with Gasteiger partial charge >= 0.3 is 0 Å². The van der Waals surface area contributed by atoms with Gasteiger partial charge in [0.2, 0.25) is 0 Å². The van der Waals surface area contributed by atoms with E-state index in [9.17, 15) is 4.79 Å². The second-order valence-electron chi connectivity index (χ2n) is 4.33. The Morgan fingerprint density at radius 3 is 2.56 bits per heavy atom. The lowest BCUT2D eigenvalue weighted by Gasteiger charge is -2.20. The molecule has 0 amide bonds. The second kappa shape index (κ2) is 6.13. The average Bonchev–Trinajstić information content (AvgIpc) is 2.46. The zero-order valence-corrected chi connectivity index (χ0v) is 10.1. The van der Waals surface area contributed by atoms with Crippen LogP contribution in [0.1, 0.15) is 18.4 Å². The zero-order valence-electron chi connectivity index (χ0n) is 10.1. The van der Waals surface area contributed by atoms with Crippen LogP contribution in [0.5, 0.6) is 0 Å². The first kappa shape index (κ1) is 12.5. The van der Waals surface area contributed by atoms with Gasteiger partial charge in [-0.1, -0.05) is 30.3 Å². The van der Waals surface area contributed by atoms with Crippen molar-refractivity contribution in [2.75, 3.05) is 13.2 Å². The molecule has 18 heavy (non-hydrogen) atoms. The monoisotopic (exact) mass is 241 g/mol. The first-order chi connectivity index (χ1) is 8.81. The van der Waals surface area contributed by atoms with Crippen molar-refractivity contribution in [1.29, 1.82) is 5.26 Å². The Hall–Kier alpha value is -1.92. The van der Waals surface area contributed by atoms with Crippen molar-refractivity contribution in [3.05, 3.63) is 41.5 Å². The van der Waals surface area contributed by atoms with Crippen molar-refractivity contribution in [2.45, 2.75) is 12.8 Å². The molecule has 1 saturated heterocycles. The van der Waals surface area contributed by atoms with Crippen LogP contribution in [0.15, 0.2) is 35.9 Å². The van der Waals surface area contributed by atoms with E-state index in [2.05, 4.69) is 0 Å². The third-order valence-corrected chi connectivity index (χ3v) is 3.09. The highest BCUT2D eigenvalue weighted by Crippen LogP contribution is 2.20. The minimum Gasteiger partial charge on any atom is -0.381 e. The smallest absolute Gasteiger partial charge is 0.176 e. The molecule has 1 heterocycles. The zero-order chi connectivity index (χ0) is 12.8. The minimum atomic E-state index is -0.0617. The third-order valence-electron chi connectivity index (χ3n) is 3.09. The van der Waals surface area contributed by atoms with E-state index in [4.69, 9.17) is 10.00 Å². The summed E-state index contributed by atoms with van der Waals surface area (Å²) in [5.41, 5.74) is 1.13. The van der Waals surface area contributed by atoms with E-state index in [1.807, 2.05) is 36.4 Å². The van der Waals surface area contributed by atoms with Gasteiger partial charge in [-0.15, -0.1) is 0 Å². The number of Topliss-reactive ketones (excluding diaryl/α,β-unsaturated/α-hetero) is 1. The van der Waals surface area contributed by atoms with Crippen LogP contribution < -0.4 is 0 Å². The molecule has 1 aliphatic rings. The molecule has 0 unspecified atom stereocenters. The second-order valence-corrected chi connectivity index (χ2v) is 4.33. The van der Waals surface area contributed by atoms with Crippen LogP contribution in [0, 0.1) is 17.2 Å². The number of hydrogen-bond acceptors (Lipinski definition) is 3. The average molecular weight is 241 g/mol. The summed E-state index contributed by atoms with van der Waals surface area (Å²) in [6.45, 7) is 1.22. The number of nitrogens with zero attached hydrogens (tertiary/aromatic N) is 1. The Kier molecular flexibility index (Phi) is 4.27. The van der Waals surface area contributed by atoms with Gasteiger partial charge in [0.05, 0.1) is 5.57 Å². The van der Waals surface area contributed by atoms with Crippen molar-refractivity contribution in [3.63, 3.8) is 0 Å². The Balaban J connectivity index is 2.16. The molecule has 0 spiro atoms. The number of allylic oxidation sites excluding steroid dienone is 1. The Morgan fingerprint density at radius 2 is 1.94 bits per heavy atom. The molecule has 0 N–H and O–H groups in total. The lowest BCUT2D eigenvalue weighted by Crippen LogP contribution is -2.24. The van der Waals surface area contributed by atoms with Crippen LogP contribution in [0.3, 0.4) is 0 Å². The van der Waals surface area contributed by atoms with Crippen molar-refractivity contribution < 1.29 is 9.53 Å². The van der Waals surface area contributed by atoms with Crippen LogP contribution in [0.2, 0.25) is 0 Å². The van der Waals surface area contributed by atoms with Gasteiger partial charge in [0.1, 0.15) is 6.07 Å². The third kappa shape index (κ3) is 3.06. The van der Waals surface area contributed by atoms with Gasteiger partial charge in [0.25, 0.3) is 0 Å². The topological polar surface area (TPSA) is 50.1 Å². The molecule has 0 bridgehead atoms. The van der Waals surface area contributed by atoms with E-state index >= 15 is 0 Å². The van der Waals surface area contributed by atoms with E-state index < -0.39 is 0 Å². The summed E-state index contributed by atoms with van der Waals surface area (Å²) in [7, 11) is 0. The maximum absolute atomic E-state index is 12.2. The first-order valence-corrected chi connectivity index (χ1v) is 6.10. The summed E-state index contributed by atoms with van der Waals surface area (Å²) in [5, 5.41) is 9.12. The van der Waals surface area contributed by atoms with Crippen molar-refractivity contribution in [3.8, 4) is 6.07 Å². The summed E-state index contributed by atoms with van der Waals surface area (Å²) in [6, 6.07) is 11.5. The van der Waals surface area contributed by atoms with E-state index in [0.717, 1.165) is 5.56 Å². The maximum atomic E-state index is 12.2. The molecule has 1 aromatic rings. The molecule has 0 aromatic heterocycles. The van der Waals surface area contributed by atoms with Gasteiger partial charge < -0.3 is 4.74 Å². The van der Waals surface area contributed by atoms with Gasteiger partial charge in [-0.25, -0.2) is 0 Å². The van der Waals surface area contributed by atoms with Gasteiger partial charge in [-0.05, 0) is 24.5 Å². The highest BCUT2D eigenvalue weighted by atomic mass is 16.5. The molecule has 0 radical (unpaired) electrons. The minimum absolute atomic E-state index is 0.0512. The lowest BCUT2D eigenvalue weighted by atomic mass is 9.90. The predicted molar refractivity (Wildman–Crippen MR) is 68.6 cm³/mol. The predicted octanol–water partition coefficient (Wildman–Crippen LogP) is 2.59. The maximum Gasteiger partial charge on any atom is 0.176 e. The van der Waals surface area contributed by atoms with E-state index in [1.54, 1.807) is 6.08 Å². The highest BCUT2D eigenvalue weighted by molar-refractivity contribution is 6.04. The fourth-order valence-corrected chi connectivity index (χ4v) is 2.05. The Morgan fingerprint density at radius 1 is 1.28 bits per heavy atom. The molecule has 1 aliphatic heterocycles. The summed E-state index contributed by atoms with van der Waals surface area (Å²) in [5.74, 6) is -0.113. The van der Waals surface area contributed by atoms with Crippen LogP contribution in [0.4, 0.5) is 0 Å². The number of benzene rings is 1. The van der Waals surface area contributed by atoms with E-state index in [1.165, 1.54) is 0 Å². The number of nitriles is 1. The van der Waals surface area contributed by atoms with Crippen molar-refractivity contribution >= 4 is 11.9 Å². The van der Waals surface area contributed by atoms with Gasteiger partial charge in [0.15, 0.2) is 5.78 Å². The largest absolute Gasteiger partial charge is 0.381 e. The van der Waals surface area contributed by atoms with Crippen molar-refractivity contribution in [1.82, 2.24) is 0 Å². The lowest BCUT2D eigenvalue weighted by molar-refractivity contribution is -0.121. The SMILES string of the molecule is N#C/C(=C\c1ccccc1)C(=O)C1CCOCC1. The molecule has 3 heteroatoms. The van der Waals surface area contributed by atoms with E-state index in [-0.39, 0.29) is 17.3 Å². The molecule has 1 aromatic carbocycles. The summed E-state index contributed by atoms with van der Waals surface area (Å²) in [6.07, 6.45) is 3.09. The number of ketones is 1. The van der Waals surface area contributed by atoms with Crippen molar-refractivity contribution in [2.24, 2.45) is 5.92 Å². The molecular formula is C15H15NO2. The molecular weight excluding hydrogens is 226 g/mol. The normalized spacial score (nSPS) is 17.2. The molecule has 0 aliphatic carbocycles. The fourth-order valence-electron chi connectivity index (χ4n) is 2.05. The van der Waals surface area contributed by atoms with Crippen LogP contribution in [-0.2, 0) is 9.53 Å². The molecule has 0 saturated carbocycles. The van der Waals surface area contributed by atoms with Crippen LogP contribution in [-0.4, -0.2) is 19.0 Å². The number of rotatable bonds is 3. The van der Waals surface area contributed by atoms with E-state index in [0.29, 0.717) is 26.1 Å². The molecule has 92 valence electrons. The van der Waals surface area contributed by atoms with Gasteiger partial charge in [-0.2, -0.15) is 5.26 Å². The quantitative estimate of drug-likeness (QED) is 0.603. The van der Waals surface area contributed by atoms with Gasteiger partial charge in [-0.3, -0.25) is 4.79 Å². The Bertz CT molecular complexity index is 479. The number of ether oxygens (including phenoxy) is 1. The Labute approximate surface area is 107 Å². The first-order valence-electron chi connectivity index (χ1n) is 6.10. The van der Waals surface area contributed by atoms with Crippen LogP contribution >= 0.6 is 0 Å². The van der Waals surface area contributed by atoms with Gasteiger partial charge in [0, 0.05) is 19.1 Å². The summed E-state index contributed by atoms with van der Waals surface area (Å²) < 4.78 is 5.23. The summed E-state index contributed by atoms with van der Waals surface area (Å²) >= 11 is 0. The van der Waals surface area contributed by atoms with Crippen LogP contribution in [0.25, 0.3) is 6.08 Å². The standard InChI is InChI=1S/C15H15NO2/c16-11-14(10-12-4-2-1-3-5-12)15(17)13-6-8-18-9-7-13/h1-5,10,13H,6-9H2/b14-10+. The molecule has 3 nitrogen and oxygen atoms in total. The molecule has 2 rings (SSSR count). The number of carbonyl (C=O) groups excluding carboxylic acids is 1. The summed E-state index contributed by atoms with van der Waals surface area (Å²) in [4.78, 5) is 12.2.